The molecule has 1 aliphatic rings. The van der Waals surface area contributed by atoms with E-state index in [1.807, 2.05) is 32.0 Å². The predicted octanol–water partition coefficient (Wildman–Crippen LogP) is 2.35. The first-order valence-corrected chi connectivity index (χ1v) is 10.5. The van der Waals surface area contributed by atoms with Crippen molar-refractivity contribution >= 4 is 22.8 Å². The maximum atomic E-state index is 12.0. The third-order valence-electron chi connectivity index (χ3n) is 5.14. The maximum absolute atomic E-state index is 12.0. The number of furan rings is 1. The van der Waals surface area contributed by atoms with Crippen molar-refractivity contribution < 1.29 is 9.21 Å². The number of rotatable bonds is 6. The number of hydrogen-bond acceptors (Lipinski definition) is 4. The van der Waals surface area contributed by atoms with Crippen LogP contribution in [0.15, 0.2) is 33.7 Å². The highest BCUT2D eigenvalue weighted by atomic mass is 16.3. The molecule has 0 aliphatic carbocycles. The minimum absolute atomic E-state index is 0.0920. The quantitative estimate of drug-likeness (QED) is 0.576. The fourth-order valence-corrected chi connectivity index (χ4v) is 3.64. The Bertz CT molecular complexity index is 850. The Labute approximate surface area is 173 Å². The Hall–Kier alpha value is -2.54. The summed E-state index contributed by atoms with van der Waals surface area (Å²) in [5.74, 6) is 1.90. The molecular weight excluding hydrogens is 366 g/mol. The molecule has 0 atom stereocenters. The van der Waals surface area contributed by atoms with Crippen LogP contribution in [0.25, 0.3) is 11.0 Å². The molecule has 2 N–H and O–H groups in total. The van der Waals surface area contributed by atoms with E-state index in [1.54, 1.807) is 0 Å². The number of carbonyl (C=O) groups is 1. The van der Waals surface area contributed by atoms with E-state index in [2.05, 4.69) is 40.3 Å². The van der Waals surface area contributed by atoms with Gasteiger partial charge in [0.15, 0.2) is 5.96 Å². The molecule has 1 amide bonds. The SMILES string of the molecule is CCNC(=NCc1oc2ccccc2c1C)N1CCN(CC(=O)NC(C)C)CC1. The van der Waals surface area contributed by atoms with Gasteiger partial charge in [-0.15, -0.1) is 0 Å². The van der Waals surface area contributed by atoms with E-state index in [1.165, 1.54) is 0 Å². The van der Waals surface area contributed by atoms with Gasteiger partial charge in [-0.1, -0.05) is 18.2 Å². The second-order valence-electron chi connectivity index (χ2n) is 7.80. The lowest BCUT2D eigenvalue weighted by molar-refractivity contribution is -0.123. The number of guanidine groups is 1. The first-order valence-electron chi connectivity index (χ1n) is 10.5. The summed E-state index contributed by atoms with van der Waals surface area (Å²) in [6.07, 6.45) is 0. The van der Waals surface area contributed by atoms with Gasteiger partial charge in [0.2, 0.25) is 5.91 Å². The number of hydrogen-bond donors (Lipinski definition) is 2. The minimum Gasteiger partial charge on any atom is -0.459 e. The van der Waals surface area contributed by atoms with Crippen molar-refractivity contribution in [2.45, 2.75) is 40.3 Å². The Morgan fingerprint density at radius 1 is 1.21 bits per heavy atom. The van der Waals surface area contributed by atoms with Crippen LogP contribution in [0.1, 0.15) is 32.1 Å². The summed E-state index contributed by atoms with van der Waals surface area (Å²) in [6.45, 7) is 13.3. The lowest BCUT2D eigenvalue weighted by Crippen LogP contribution is -2.54. The molecule has 1 saturated heterocycles. The number of piperazine rings is 1. The monoisotopic (exact) mass is 399 g/mol. The first-order chi connectivity index (χ1) is 14.0. The fraction of sp³-hybridized carbons (Fsp3) is 0.545. The van der Waals surface area contributed by atoms with Crippen LogP contribution in [0.2, 0.25) is 0 Å². The Kier molecular flexibility index (Phi) is 7.14. The van der Waals surface area contributed by atoms with Crippen molar-refractivity contribution in [2.24, 2.45) is 4.99 Å². The van der Waals surface area contributed by atoms with E-state index in [0.29, 0.717) is 13.1 Å². The molecule has 0 unspecified atom stereocenters. The van der Waals surface area contributed by atoms with Crippen molar-refractivity contribution in [2.75, 3.05) is 39.3 Å². The van der Waals surface area contributed by atoms with Crippen LogP contribution in [-0.4, -0.2) is 67.0 Å². The van der Waals surface area contributed by atoms with Crippen molar-refractivity contribution in [1.82, 2.24) is 20.4 Å². The van der Waals surface area contributed by atoms with Gasteiger partial charge in [-0.25, -0.2) is 4.99 Å². The van der Waals surface area contributed by atoms with E-state index in [4.69, 9.17) is 9.41 Å². The van der Waals surface area contributed by atoms with Gasteiger partial charge in [-0.2, -0.15) is 0 Å². The lowest BCUT2D eigenvalue weighted by atomic mass is 10.1. The zero-order valence-corrected chi connectivity index (χ0v) is 18.0. The average molecular weight is 400 g/mol. The molecule has 1 aromatic carbocycles. The normalized spacial score (nSPS) is 15.9. The summed E-state index contributed by atoms with van der Waals surface area (Å²) in [5, 5.41) is 7.50. The zero-order valence-electron chi connectivity index (χ0n) is 18.0. The number of nitrogens with zero attached hydrogens (tertiary/aromatic N) is 3. The number of benzene rings is 1. The highest BCUT2D eigenvalue weighted by Gasteiger charge is 2.21. The summed E-state index contributed by atoms with van der Waals surface area (Å²) in [5.41, 5.74) is 2.06. The third kappa shape index (κ3) is 5.50. The minimum atomic E-state index is 0.0920. The number of para-hydroxylation sites is 1. The summed E-state index contributed by atoms with van der Waals surface area (Å²) in [6, 6.07) is 8.28. The zero-order chi connectivity index (χ0) is 20.8. The molecule has 1 fully saturated rings. The molecular formula is C22H33N5O2. The molecule has 7 heteroatoms. The summed E-state index contributed by atoms with van der Waals surface area (Å²) >= 11 is 0. The van der Waals surface area contributed by atoms with E-state index in [0.717, 1.165) is 61.0 Å². The van der Waals surface area contributed by atoms with E-state index < -0.39 is 0 Å². The van der Waals surface area contributed by atoms with Gasteiger partial charge in [-0.05, 0) is 33.8 Å². The van der Waals surface area contributed by atoms with Crippen LogP contribution in [-0.2, 0) is 11.3 Å². The second kappa shape index (κ2) is 9.78. The van der Waals surface area contributed by atoms with Gasteiger partial charge in [0.25, 0.3) is 0 Å². The molecule has 3 rings (SSSR count). The van der Waals surface area contributed by atoms with Gasteiger partial charge in [0.1, 0.15) is 17.9 Å². The van der Waals surface area contributed by atoms with Gasteiger partial charge in [-0.3, -0.25) is 9.69 Å². The van der Waals surface area contributed by atoms with E-state index >= 15 is 0 Å². The summed E-state index contributed by atoms with van der Waals surface area (Å²) in [4.78, 5) is 21.3. The van der Waals surface area contributed by atoms with Crippen molar-refractivity contribution in [3.63, 3.8) is 0 Å². The van der Waals surface area contributed by atoms with Gasteiger partial charge in [0, 0.05) is 49.7 Å². The highest BCUT2D eigenvalue weighted by Crippen LogP contribution is 2.25. The largest absolute Gasteiger partial charge is 0.459 e. The van der Waals surface area contributed by atoms with Crippen molar-refractivity contribution in [1.29, 1.82) is 0 Å². The molecule has 1 aromatic heterocycles. The molecule has 0 bridgehead atoms. The van der Waals surface area contributed by atoms with Gasteiger partial charge in [0.05, 0.1) is 6.54 Å². The molecule has 7 nitrogen and oxygen atoms in total. The average Bonchev–Trinajstić information content (AvgIpc) is 3.01. The second-order valence-corrected chi connectivity index (χ2v) is 7.80. The molecule has 2 aromatic rings. The number of aryl methyl sites for hydroxylation is 1. The van der Waals surface area contributed by atoms with E-state index in [-0.39, 0.29) is 11.9 Å². The first kappa shape index (κ1) is 21.2. The number of amides is 1. The van der Waals surface area contributed by atoms with Crippen molar-refractivity contribution in [3.8, 4) is 0 Å². The molecule has 2 heterocycles. The fourth-order valence-electron chi connectivity index (χ4n) is 3.64. The number of nitrogens with one attached hydrogen (secondary N) is 2. The number of aliphatic imine (C=N–C) groups is 1. The Morgan fingerprint density at radius 2 is 1.93 bits per heavy atom. The lowest BCUT2D eigenvalue weighted by Gasteiger charge is -2.36. The predicted molar refractivity (Wildman–Crippen MR) is 117 cm³/mol. The summed E-state index contributed by atoms with van der Waals surface area (Å²) < 4.78 is 6.00. The number of fused-ring (bicyclic) bond motifs is 1. The van der Waals surface area contributed by atoms with Crippen LogP contribution in [0.4, 0.5) is 0 Å². The Balaban J connectivity index is 1.61. The smallest absolute Gasteiger partial charge is 0.234 e. The van der Waals surface area contributed by atoms with Crippen LogP contribution in [0.3, 0.4) is 0 Å². The molecule has 1 aliphatic heterocycles. The van der Waals surface area contributed by atoms with Crippen LogP contribution in [0, 0.1) is 6.92 Å². The molecule has 29 heavy (non-hydrogen) atoms. The topological polar surface area (TPSA) is 73.1 Å². The van der Waals surface area contributed by atoms with Crippen LogP contribution < -0.4 is 10.6 Å². The molecule has 158 valence electrons. The Morgan fingerprint density at radius 3 is 2.59 bits per heavy atom. The van der Waals surface area contributed by atoms with Crippen LogP contribution >= 0.6 is 0 Å². The van der Waals surface area contributed by atoms with Gasteiger partial charge < -0.3 is 20.0 Å². The standard InChI is InChI=1S/C22H33N5O2/c1-5-23-22(24-14-20-17(4)18-8-6-7-9-19(18)29-20)27-12-10-26(11-13-27)15-21(28)25-16(2)3/h6-9,16H,5,10-15H2,1-4H3,(H,23,24)(H,25,28). The third-order valence-corrected chi connectivity index (χ3v) is 5.14. The molecule has 0 radical (unpaired) electrons. The van der Waals surface area contributed by atoms with E-state index in [9.17, 15) is 4.79 Å². The number of carbonyl (C=O) groups excluding carboxylic acids is 1. The van der Waals surface area contributed by atoms with Crippen LogP contribution in [0.5, 0.6) is 0 Å². The van der Waals surface area contributed by atoms with Gasteiger partial charge >= 0.3 is 0 Å². The van der Waals surface area contributed by atoms with Crippen molar-refractivity contribution in [3.05, 3.63) is 35.6 Å². The maximum Gasteiger partial charge on any atom is 0.234 e. The molecule has 0 spiro atoms. The molecule has 0 saturated carbocycles. The summed E-state index contributed by atoms with van der Waals surface area (Å²) in [7, 11) is 0. The highest BCUT2D eigenvalue weighted by molar-refractivity contribution is 5.83.